The van der Waals surface area contributed by atoms with Crippen molar-refractivity contribution in [1.29, 1.82) is 0 Å². The highest BCUT2D eigenvalue weighted by atomic mass is 16.3. The average molecular weight is 251 g/mol. The van der Waals surface area contributed by atoms with Crippen molar-refractivity contribution in [3.8, 4) is 0 Å². The number of rotatable bonds is 3. The summed E-state index contributed by atoms with van der Waals surface area (Å²) in [5, 5.41) is 21.9. The topological polar surface area (TPSA) is 85.7 Å². The molecule has 0 bridgehead atoms. The molecule has 0 spiro atoms. The van der Waals surface area contributed by atoms with E-state index in [1.807, 2.05) is 6.92 Å². The van der Waals surface area contributed by atoms with E-state index in [1.165, 1.54) is 4.90 Å². The maximum Gasteiger partial charge on any atom is 0.272 e. The second-order valence-electron chi connectivity index (χ2n) is 4.28. The van der Waals surface area contributed by atoms with Gasteiger partial charge in [-0.1, -0.05) is 6.07 Å². The summed E-state index contributed by atoms with van der Waals surface area (Å²) in [5.74, 6) is 0.369. The van der Waals surface area contributed by atoms with Gasteiger partial charge in [0.25, 0.3) is 5.91 Å². The first-order valence-electron chi connectivity index (χ1n) is 5.98. The van der Waals surface area contributed by atoms with Gasteiger partial charge in [-0.25, -0.2) is 4.98 Å². The van der Waals surface area contributed by atoms with E-state index in [4.69, 9.17) is 0 Å². The standard InChI is InChI=1S/C12H17N3O3/c1-2-13-11-5-3-4-8(14-11)12(18)15-6-9(16)10(17)7-15/h3-5,9-10,16-17H,2,6-7H2,1H3,(H,13,14). The first-order chi connectivity index (χ1) is 8.61. The van der Waals surface area contributed by atoms with Gasteiger partial charge < -0.3 is 20.4 Å². The molecule has 0 aromatic carbocycles. The van der Waals surface area contributed by atoms with Crippen LogP contribution in [0.15, 0.2) is 18.2 Å². The molecule has 1 aromatic rings. The van der Waals surface area contributed by atoms with Crippen LogP contribution in [0.5, 0.6) is 0 Å². The summed E-state index contributed by atoms with van der Waals surface area (Å²) in [5.41, 5.74) is 0.315. The summed E-state index contributed by atoms with van der Waals surface area (Å²) >= 11 is 0. The number of nitrogens with one attached hydrogen (secondary N) is 1. The van der Waals surface area contributed by atoms with E-state index in [9.17, 15) is 15.0 Å². The number of carbonyl (C=O) groups excluding carboxylic acids is 1. The van der Waals surface area contributed by atoms with Gasteiger partial charge in [0, 0.05) is 19.6 Å². The Morgan fingerprint density at radius 1 is 1.44 bits per heavy atom. The highest BCUT2D eigenvalue weighted by Gasteiger charge is 2.33. The number of hydrogen-bond acceptors (Lipinski definition) is 5. The Labute approximate surface area is 105 Å². The predicted molar refractivity (Wildman–Crippen MR) is 66.3 cm³/mol. The van der Waals surface area contributed by atoms with Crippen molar-refractivity contribution in [2.75, 3.05) is 25.0 Å². The number of aliphatic hydroxyl groups excluding tert-OH is 2. The highest BCUT2D eigenvalue weighted by Crippen LogP contribution is 2.14. The smallest absolute Gasteiger partial charge is 0.272 e. The molecule has 2 atom stereocenters. The molecule has 3 N–H and O–H groups in total. The predicted octanol–water partition coefficient (Wildman–Crippen LogP) is -0.309. The van der Waals surface area contributed by atoms with E-state index in [1.54, 1.807) is 18.2 Å². The van der Waals surface area contributed by atoms with Gasteiger partial charge in [-0.15, -0.1) is 0 Å². The molecule has 1 aromatic heterocycles. The summed E-state index contributed by atoms with van der Waals surface area (Å²) in [6.45, 7) is 2.97. The van der Waals surface area contributed by atoms with Crippen LogP contribution in [-0.4, -0.2) is 57.8 Å². The zero-order valence-electron chi connectivity index (χ0n) is 10.2. The Morgan fingerprint density at radius 3 is 2.72 bits per heavy atom. The minimum Gasteiger partial charge on any atom is -0.388 e. The van der Waals surface area contributed by atoms with Crippen LogP contribution in [0.4, 0.5) is 5.82 Å². The summed E-state index contributed by atoms with van der Waals surface area (Å²) < 4.78 is 0. The summed E-state index contributed by atoms with van der Waals surface area (Å²) in [7, 11) is 0. The van der Waals surface area contributed by atoms with Crippen molar-refractivity contribution < 1.29 is 15.0 Å². The molecule has 1 fully saturated rings. The molecule has 2 rings (SSSR count). The Kier molecular flexibility index (Phi) is 3.78. The molecule has 1 aliphatic rings. The maximum absolute atomic E-state index is 12.1. The number of carbonyl (C=O) groups is 1. The fourth-order valence-electron chi connectivity index (χ4n) is 1.93. The lowest BCUT2D eigenvalue weighted by atomic mass is 10.3. The maximum atomic E-state index is 12.1. The van der Waals surface area contributed by atoms with E-state index in [-0.39, 0.29) is 19.0 Å². The van der Waals surface area contributed by atoms with E-state index in [2.05, 4.69) is 10.3 Å². The second-order valence-corrected chi connectivity index (χ2v) is 4.28. The summed E-state index contributed by atoms with van der Waals surface area (Å²) in [4.78, 5) is 17.7. The SMILES string of the molecule is CCNc1cccc(C(=O)N2CC(O)C(O)C2)n1. The van der Waals surface area contributed by atoms with Crippen LogP contribution < -0.4 is 5.32 Å². The third kappa shape index (κ3) is 2.60. The van der Waals surface area contributed by atoms with E-state index in [0.717, 1.165) is 6.54 Å². The highest BCUT2D eigenvalue weighted by molar-refractivity contribution is 5.93. The lowest BCUT2D eigenvalue weighted by Gasteiger charge is -2.15. The zero-order valence-corrected chi connectivity index (χ0v) is 10.2. The quantitative estimate of drug-likeness (QED) is 0.686. The number of aliphatic hydroxyl groups is 2. The van der Waals surface area contributed by atoms with Gasteiger partial charge in [-0.3, -0.25) is 4.79 Å². The van der Waals surface area contributed by atoms with E-state index < -0.39 is 12.2 Å². The molecule has 1 amide bonds. The van der Waals surface area contributed by atoms with Crippen LogP contribution >= 0.6 is 0 Å². The van der Waals surface area contributed by atoms with Crippen LogP contribution in [0.25, 0.3) is 0 Å². The first kappa shape index (κ1) is 12.8. The molecule has 6 nitrogen and oxygen atoms in total. The number of β-amino-alcohol motifs (C(OH)–C–C–N with tert-alkyl or cyclic N) is 2. The normalized spacial score (nSPS) is 23.2. The van der Waals surface area contributed by atoms with Crippen LogP contribution in [-0.2, 0) is 0 Å². The number of aromatic nitrogens is 1. The van der Waals surface area contributed by atoms with Crippen molar-refractivity contribution in [3.05, 3.63) is 23.9 Å². The number of nitrogens with zero attached hydrogens (tertiary/aromatic N) is 2. The summed E-state index contributed by atoms with van der Waals surface area (Å²) in [6.07, 6.45) is -1.74. The van der Waals surface area contributed by atoms with Crippen molar-refractivity contribution >= 4 is 11.7 Å². The molecule has 0 saturated carbocycles. The number of hydrogen-bond donors (Lipinski definition) is 3. The third-order valence-corrected chi connectivity index (χ3v) is 2.87. The molecular weight excluding hydrogens is 234 g/mol. The van der Waals surface area contributed by atoms with Gasteiger partial charge in [-0.2, -0.15) is 0 Å². The Balaban J connectivity index is 2.11. The molecule has 18 heavy (non-hydrogen) atoms. The minimum absolute atomic E-state index is 0.146. The molecule has 2 unspecified atom stereocenters. The van der Waals surface area contributed by atoms with Gasteiger partial charge in [-0.05, 0) is 19.1 Å². The molecule has 1 aliphatic heterocycles. The lowest BCUT2D eigenvalue weighted by Crippen LogP contribution is -2.30. The fourth-order valence-corrected chi connectivity index (χ4v) is 1.93. The lowest BCUT2D eigenvalue weighted by molar-refractivity contribution is 0.0572. The van der Waals surface area contributed by atoms with Crippen molar-refractivity contribution in [2.24, 2.45) is 0 Å². The molecule has 1 saturated heterocycles. The minimum atomic E-state index is -0.870. The van der Waals surface area contributed by atoms with Crippen molar-refractivity contribution in [2.45, 2.75) is 19.1 Å². The Hall–Kier alpha value is -1.66. The van der Waals surface area contributed by atoms with Gasteiger partial charge in [0.15, 0.2) is 0 Å². The molecule has 2 heterocycles. The van der Waals surface area contributed by atoms with E-state index in [0.29, 0.717) is 11.5 Å². The number of anilines is 1. The second kappa shape index (κ2) is 5.32. The number of amides is 1. The molecule has 0 aliphatic carbocycles. The van der Waals surface area contributed by atoms with Crippen LogP contribution in [0.1, 0.15) is 17.4 Å². The zero-order chi connectivity index (χ0) is 13.1. The van der Waals surface area contributed by atoms with E-state index >= 15 is 0 Å². The van der Waals surface area contributed by atoms with Crippen molar-refractivity contribution in [3.63, 3.8) is 0 Å². The van der Waals surface area contributed by atoms with Gasteiger partial charge >= 0.3 is 0 Å². The summed E-state index contributed by atoms with van der Waals surface area (Å²) in [6, 6.07) is 5.16. The van der Waals surface area contributed by atoms with Crippen molar-refractivity contribution in [1.82, 2.24) is 9.88 Å². The number of pyridine rings is 1. The molecule has 6 heteroatoms. The van der Waals surface area contributed by atoms with Crippen LogP contribution in [0.3, 0.4) is 0 Å². The molecular formula is C12H17N3O3. The van der Waals surface area contributed by atoms with Gasteiger partial charge in [0.1, 0.15) is 11.5 Å². The third-order valence-electron chi connectivity index (χ3n) is 2.87. The van der Waals surface area contributed by atoms with Gasteiger partial charge in [0.2, 0.25) is 0 Å². The average Bonchev–Trinajstić information content (AvgIpc) is 2.69. The molecule has 98 valence electrons. The Bertz CT molecular complexity index is 428. The Morgan fingerprint density at radius 2 is 2.11 bits per heavy atom. The number of likely N-dealkylation sites (tertiary alicyclic amines) is 1. The monoisotopic (exact) mass is 251 g/mol. The first-order valence-corrected chi connectivity index (χ1v) is 5.98. The van der Waals surface area contributed by atoms with Crippen LogP contribution in [0.2, 0.25) is 0 Å². The van der Waals surface area contributed by atoms with Gasteiger partial charge in [0.05, 0.1) is 12.2 Å². The molecule has 0 radical (unpaired) electrons. The largest absolute Gasteiger partial charge is 0.388 e. The van der Waals surface area contributed by atoms with Crippen LogP contribution in [0, 0.1) is 0 Å². The fraction of sp³-hybridized carbons (Fsp3) is 0.500.